The Bertz CT molecular complexity index is 967. The minimum absolute atomic E-state index is 0. The molecule has 2 aromatic rings. The quantitative estimate of drug-likeness (QED) is 0.603. The van der Waals surface area contributed by atoms with Gasteiger partial charge in [-0.2, -0.15) is 0 Å². The van der Waals surface area contributed by atoms with Gasteiger partial charge in [-0.1, -0.05) is 0 Å². The van der Waals surface area contributed by atoms with Crippen molar-refractivity contribution in [2.24, 2.45) is 5.92 Å². The summed E-state index contributed by atoms with van der Waals surface area (Å²) in [4.78, 5) is 0. The first-order valence-corrected chi connectivity index (χ1v) is 10.9. The van der Waals surface area contributed by atoms with Crippen LogP contribution in [0.4, 0.5) is 5.69 Å². The molecule has 0 saturated carbocycles. The fraction of sp³-hybridized carbons (Fsp3) is 0.385. The molecule has 30 heavy (non-hydrogen) atoms. The van der Waals surface area contributed by atoms with Crippen molar-refractivity contribution in [2.75, 3.05) is 3.38 Å². The predicted octanol–water partition coefficient (Wildman–Crippen LogP) is 1.41. The van der Waals surface area contributed by atoms with Gasteiger partial charge in [0.15, 0.2) is 0 Å². The van der Waals surface area contributed by atoms with E-state index in [1.54, 1.807) is 0 Å². The van der Waals surface area contributed by atoms with E-state index in [9.17, 15) is 0 Å². The van der Waals surface area contributed by atoms with Crippen LogP contribution < -0.4 is 28.2 Å². The number of anilines is 1. The summed E-state index contributed by atoms with van der Waals surface area (Å²) in [5, 5.41) is 0. The zero-order valence-corrected chi connectivity index (χ0v) is 22.4. The second kappa shape index (κ2) is 10.6. The van der Waals surface area contributed by atoms with Gasteiger partial charge >= 0.3 is 184 Å². The molecule has 4 heteroatoms. The molecule has 0 radical (unpaired) electrons. The zero-order chi connectivity index (χ0) is 20.7. The van der Waals surface area contributed by atoms with E-state index in [1.165, 1.54) is 55.8 Å². The van der Waals surface area contributed by atoms with E-state index < -0.39 is 0 Å². The number of halogens is 2. The Kier molecular flexibility index (Phi) is 9.51. The molecular formula is C26H32Cl2NTi. The smallest absolute Gasteiger partial charge is 1.00 e. The SMILES string of the molecule is CC1=C(C)C(C)C(c2ccccc2C(C)[N]([Ti+2])c2c(C)cc(C)cc2C)=C1C.[Cl-].[Cl-]. The summed E-state index contributed by atoms with van der Waals surface area (Å²) in [6.07, 6.45) is 0. The molecule has 0 aliphatic heterocycles. The molecule has 2 unspecified atom stereocenters. The first-order valence-electron chi connectivity index (χ1n) is 10.2. The summed E-state index contributed by atoms with van der Waals surface area (Å²) in [6.45, 7) is 18.2. The van der Waals surface area contributed by atoms with Gasteiger partial charge in [0.2, 0.25) is 0 Å². The van der Waals surface area contributed by atoms with E-state index in [4.69, 9.17) is 0 Å². The topological polar surface area (TPSA) is 3.24 Å². The first-order chi connectivity index (χ1) is 13.1. The average molecular weight is 477 g/mol. The van der Waals surface area contributed by atoms with Gasteiger partial charge in [-0.3, -0.25) is 0 Å². The first kappa shape index (κ1) is 27.0. The number of nitrogens with zero attached hydrogens (tertiary/aromatic N) is 1. The van der Waals surface area contributed by atoms with E-state index in [2.05, 4.69) is 116 Å². The van der Waals surface area contributed by atoms with Crippen molar-refractivity contribution in [1.82, 2.24) is 0 Å². The molecule has 2 atom stereocenters. The molecular weight excluding hydrogens is 445 g/mol. The molecule has 0 N–H and O–H groups in total. The fourth-order valence-electron chi connectivity index (χ4n) is 4.79. The third kappa shape index (κ3) is 4.75. The Morgan fingerprint density at radius 3 is 1.90 bits per heavy atom. The van der Waals surface area contributed by atoms with Gasteiger partial charge in [-0.15, -0.1) is 0 Å². The summed E-state index contributed by atoms with van der Waals surface area (Å²) < 4.78 is 2.45. The van der Waals surface area contributed by atoms with Crippen molar-refractivity contribution in [1.29, 1.82) is 0 Å². The summed E-state index contributed by atoms with van der Waals surface area (Å²) in [7, 11) is 0. The van der Waals surface area contributed by atoms with Gasteiger partial charge < -0.3 is 24.8 Å². The van der Waals surface area contributed by atoms with Gasteiger partial charge in [0, 0.05) is 0 Å². The molecule has 0 amide bonds. The van der Waals surface area contributed by atoms with Crippen LogP contribution in [0.15, 0.2) is 53.1 Å². The molecule has 0 fully saturated rings. The third-order valence-electron chi connectivity index (χ3n) is 6.61. The van der Waals surface area contributed by atoms with Crippen LogP contribution in [0.5, 0.6) is 0 Å². The molecule has 1 aliphatic carbocycles. The normalized spacial score (nSPS) is 16.9. The van der Waals surface area contributed by atoms with Gasteiger partial charge in [0.1, 0.15) is 0 Å². The third-order valence-corrected chi connectivity index (χ3v) is 7.56. The van der Waals surface area contributed by atoms with Crippen LogP contribution in [0.3, 0.4) is 0 Å². The summed E-state index contributed by atoms with van der Waals surface area (Å²) >= 11 is 2.24. The number of allylic oxidation sites excluding steroid dienone is 4. The van der Waals surface area contributed by atoms with E-state index >= 15 is 0 Å². The summed E-state index contributed by atoms with van der Waals surface area (Å²) in [5.41, 5.74) is 14.1. The molecule has 0 bridgehead atoms. The predicted molar refractivity (Wildman–Crippen MR) is 118 cm³/mol. The van der Waals surface area contributed by atoms with Crippen LogP contribution in [0.1, 0.15) is 68.5 Å². The number of hydrogen-bond acceptors (Lipinski definition) is 1. The average Bonchev–Trinajstić information content (AvgIpc) is 2.83. The molecule has 1 nitrogen and oxygen atoms in total. The number of rotatable bonds is 4. The maximum absolute atomic E-state index is 2.45. The molecule has 2 aromatic carbocycles. The van der Waals surface area contributed by atoms with Crippen molar-refractivity contribution in [3.05, 3.63) is 80.9 Å². The van der Waals surface area contributed by atoms with Crippen molar-refractivity contribution in [3.8, 4) is 0 Å². The Morgan fingerprint density at radius 2 is 1.40 bits per heavy atom. The van der Waals surface area contributed by atoms with Crippen LogP contribution in [0, 0.1) is 26.7 Å². The van der Waals surface area contributed by atoms with Gasteiger partial charge in [-0.25, -0.2) is 0 Å². The van der Waals surface area contributed by atoms with Crippen LogP contribution in [-0.4, -0.2) is 0 Å². The minimum Gasteiger partial charge on any atom is -1.00 e. The molecule has 0 saturated heterocycles. The van der Waals surface area contributed by atoms with Crippen molar-refractivity contribution < 1.29 is 45.5 Å². The Balaban J connectivity index is 0.00000225. The van der Waals surface area contributed by atoms with E-state index in [-0.39, 0.29) is 24.8 Å². The summed E-state index contributed by atoms with van der Waals surface area (Å²) in [5.74, 6) is 0.488. The van der Waals surface area contributed by atoms with Crippen LogP contribution in [0.2, 0.25) is 0 Å². The van der Waals surface area contributed by atoms with Crippen molar-refractivity contribution in [2.45, 2.75) is 61.4 Å². The summed E-state index contributed by atoms with van der Waals surface area (Å²) in [6, 6.07) is 13.9. The second-order valence-corrected chi connectivity index (χ2v) is 9.20. The van der Waals surface area contributed by atoms with Crippen LogP contribution in [-0.2, 0) is 20.7 Å². The van der Waals surface area contributed by atoms with Gasteiger partial charge in [0.25, 0.3) is 0 Å². The maximum Gasteiger partial charge on any atom is -1.00 e. The van der Waals surface area contributed by atoms with Gasteiger partial charge in [0.05, 0.1) is 0 Å². The second-order valence-electron chi connectivity index (χ2n) is 8.45. The van der Waals surface area contributed by atoms with E-state index in [1.807, 2.05) is 0 Å². The Morgan fingerprint density at radius 1 is 0.867 bits per heavy atom. The maximum atomic E-state index is 2.45. The monoisotopic (exact) mass is 476 g/mol. The molecule has 1 aliphatic rings. The van der Waals surface area contributed by atoms with Crippen LogP contribution >= 0.6 is 0 Å². The fourth-order valence-corrected chi connectivity index (χ4v) is 5.56. The molecule has 0 aromatic heterocycles. The molecule has 0 heterocycles. The van der Waals surface area contributed by atoms with E-state index in [0.29, 0.717) is 12.0 Å². The Labute approximate surface area is 207 Å². The zero-order valence-electron chi connectivity index (χ0n) is 19.3. The Hall–Kier alpha value is -0.986. The van der Waals surface area contributed by atoms with Gasteiger partial charge in [-0.05, 0) is 0 Å². The standard InChI is InChI=1S/C26H32N.2ClH.Ti/c1-15-13-16(2)26(17(3)14-15)27-22(8)23-11-9-10-12-24(23)25-20(6)18(4)19(5)21(25)7;;;/h9-14,20,22H,1-8H3;2*1H;/q-1;;;+3/p-2. The van der Waals surface area contributed by atoms with Crippen LogP contribution in [0.25, 0.3) is 5.57 Å². The number of hydrogen-bond donors (Lipinski definition) is 0. The van der Waals surface area contributed by atoms with Crippen molar-refractivity contribution >= 4 is 11.3 Å². The molecule has 0 spiro atoms. The molecule has 3 rings (SSSR count). The number of aryl methyl sites for hydroxylation is 3. The van der Waals surface area contributed by atoms with Crippen molar-refractivity contribution in [3.63, 3.8) is 0 Å². The largest absolute Gasteiger partial charge is 1.00 e. The minimum atomic E-state index is 0. The number of benzene rings is 2. The molecule has 159 valence electrons. The van der Waals surface area contributed by atoms with E-state index in [0.717, 1.165) is 0 Å².